The molecule has 2 rings (SSSR count). The fourth-order valence-electron chi connectivity index (χ4n) is 2.65. The first-order valence-electron chi connectivity index (χ1n) is 7.03. The predicted molar refractivity (Wildman–Crippen MR) is 75.8 cm³/mol. The Balaban J connectivity index is 2.22. The van der Waals surface area contributed by atoms with E-state index in [-0.39, 0.29) is 18.4 Å². The van der Waals surface area contributed by atoms with Crippen molar-refractivity contribution < 1.29 is 9.59 Å². The third kappa shape index (κ3) is 2.66. The van der Waals surface area contributed by atoms with Crippen LogP contribution < -0.4 is 5.32 Å². The lowest BCUT2D eigenvalue weighted by molar-refractivity contribution is -0.151. The van der Waals surface area contributed by atoms with Gasteiger partial charge in [-0.3, -0.25) is 14.6 Å². The molecule has 20 heavy (non-hydrogen) atoms. The fourth-order valence-corrected chi connectivity index (χ4v) is 2.65. The summed E-state index contributed by atoms with van der Waals surface area (Å²) in [7, 11) is 0. The minimum atomic E-state index is -0.751. The number of pyridine rings is 1. The van der Waals surface area contributed by atoms with Crippen LogP contribution in [0.4, 0.5) is 0 Å². The Bertz CT molecular complexity index is 524. The average Bonchev–Trinajstić information content (AvgIpc) is 2.42. The Morgan fingerprint density at radius 1 is 1.30 bits per heavy atom. The number of carbonyl (C=O) groups excluding carboxylic acids is 2. The van der Waals surface area contributed by atoms with Crippen molar-refractivity contribution in [2.75, 3.05) is 6.54 Å². The zero-order chi connectivity index (χ0) is 14.8. The van der Waals surface area contributed by atoms with E-state index in [1.807, 2.05) is 39.0 Å². The summed E-state index contributed by atoms with van der Waals surface area (Å²) in [5, 5.41) is 2.86. The van der Waals surface area contributed by atoms with Crippen molar-refractivity contribution in [3.63, 3.8) is 0 Å². The molecule has 1 saturated heterocycles. The Hall–Kier alpha value is -1.91. The normalized spacial score (nSPS) is 18.1. The summed E-state index contributed by atoms with van der Waals surface area (Å²) in [5.41, 5.74) is 0.974. The van der Waals surface area contributed by atoms with Crippen molar-refractivity contribution in [2.45, 2.75) is 45.7 Å². The molecule has 1 fully saturated rings. The average molecular weight is 275 g/mol. The molecule has 0 radical (unpaired) electrons. The van der Waals surface area contributed by atoms with Crippen LogP contribution in [0.15, 0.2) is 18.2 Å². The number of carbonyl (C=O) groups is 2. The fraction of sp³-hybridized carbons (Fsp3) is 0.533. The quantitative estimate of drug-likeness (QED) is 0.903. The molecule has 2 amide bonds. The van der Waals surface area contributed by atoms with Crippen LogP contribution in [0.2, 0.25) is 0 Å². The largest absolute Gasteiger partial charge is 0.340 e. The van der Waals surface area contributed by atoms with Crippen molar-refractivity contribution in [3.8, 4) is 0 Å². The van der Waals surface area contributed by atoms with Crippen LogP contribution in [0.5, 0.6) is 0 Å². The third-order valence-electron chi connectivity index (χ3n) is 3.92. The number of amides is 2. The number of nitrogens with one attached hydrogen (secondary N) is 1. The molecule has 1 aliphatic rings. The first kappa shape index (κ1) is 14.5. The number of aromatic nitrogens is 1. The number of hydrogen-bond donors (Lipinski definition) is 1. The highest BCUT2D eigenvalue weighted by Crippen LogP contribution is 2.23. The summed E-state index contributed by atoms with van der Waals surface area (Å²) >= 11 is 0. The van der Waals surface area contributed by atoms with Crippen molar-refractivity contribution in [1.82, 2.24) is 15.2 Å². The summed E-state index contributed by atoms with van der Waals surface area (Å²) in [6, 6.07) is 5.71. The Kier molecular flexibility index (Phi) is 4.06. The molecule has 108 valence electrons. The second-order valence-corrected chi connectivity index (χ2v) is 5.27. The molecule has 0 atom stereocenters. The van der Waals surface area contributed by atoms with Crippen LogP contribution in [0, 0.1) is 6.92 Å². The van der Waals surface area contributed by atoms with Crippen molar-refractivity contribution in [2.24, 2.45) is 0 Å². The van der Waals surface area contributed by atoms with Gasteiger partial charge in [-0.15, -0.1) is 0 Å². The van der Waals surface area contributed by atoms with Crippen LogP contribution in [0.1, 0.15) is 38.1 Å². The van der Waals surface area contributed by atoms with Gasteiger partial charge in [0.25, 0.3) is 0 Å². The van der Waals surface area contributed by atoms with Crippen molar-refractivity contribution in [3.05, 3.63) is 29.6 Å². The summed E-state index contributed by atoms with van der Waals surface area (Å²) in [4.78, 5) is 30.5. The molecule has 1 aromatic heterocycles. The number of rotatable bonds is 4. The van der Waals surface area contributed by atoms with E-state index in [2.05, 4.69) is 10.3 Å². The summed E-state index contributed by atoms with van der Waals surface area (Å²) in [6.45, 7) is 6.26. The minimum absolute atomic E-state index is 0.00888. The first-order valence-corrected chi connectivity index (χ1v) is 7.03. The van der Waals surface area contributed by atoms with Crippen molar-refractivity contribution in [1.29, 1.82) is 0 Å². The van der Waals surface area contributed by atoms with Gasteiger partial charge >= 0.3 is 0 Å². The van der Waals surface area contributed by atoms with Gasteiger partial charge < -0.3 is 10.2 Å². The van der Waals surface area contributed by atoms with Gasteiger partial charge in [0.15, 0.2) is 0 Å². The summed E-state index contributed by atoms with van der Waals surface area (Å²) in [5.74, 6) is -0.105. The molecule has 5 nitrogen and oxygen atoms in total. The van der Waals surface area contributed by atoms with Crippen molar-refractivity contribution >= 4 is 11.8 Å². The molecule has 0 aromatic carbocycles. The summed E-state index contributed by atoms with van der Waals surface area (Å²) in [6.07, 6.45) is 1.21. The van der Waals surface area contributed by atoms with Gasteiger partial charge in [-0.2, -0.15) is 0 Å². The van der Waals surface area contributed by atoms with E-state index in [4.69, 9.17) is 0 Å². The molecular weight excluding hydrogens is 254 g/mol. The second kappa shape index (κ2) is 5.61. The smallest absolute Gasteiger partial charge is 0.249 e. The van der Waals surface area contributed by atoms with Crippen LogP contribution >= 0.6 is 0 Å². The van der Waals surface area contributed by atoms with Gasteiger partial charge in [0.1, 0.15) is 12.1 Å². The number of nitrogens with zero attached hydrogens (tertiary/aromatic N) is 2. The van der Waals surface area contributed by atoms with Gasteiger partial charge in [-0.25, -0.2) is 0 Å². The zero-order valence-electron chi connectivity index (χ0n) is 12.3. The second-order valence-electron chi connectivity index (χ2n) is 5.27. The molecular formula is C15H21N3O2. The number of hydrogen-bond acceptors (Lipinski definition) is 3. The van der Waals surface area contributed by atoms with E-state index in [0.29, 0.717) is 19.4 Å². The maximum Gasteiger partial charge on any atom is 0.249 e. The van der Waals surface area contributed by atoms with Crippen LogP contribution in [-0.4, -0.2) is 33.8 Å². The lowest BCUT2D eigenvalue weighted by atomic mass is 9.89. The van der Waals surface area contributed by atoms with E-state index >= 15 is 0 Å². The standard InChI is InChI=1S/C15H21N3O2/c1-4-15(5-2)14(20)18(10-13(19)17-15)9-12-8-6-7-11(3)16-12/h6-8H,4-5,9-10H2,1-3H3,(H,17,19). The highest BCUT2D eigenvalue weighted by atomic mass is 16.2. The van der Waals surface area contributed by atoms with Gasteiger partial charge in [0.05, 0.1) is 12.2 Å². The van der Waals surface area contributed by atoms with Crippen LogP contribution in [0.25, 0.3) is 0 Å². The highest BCUT2D eigenvalue weighted by molar-refractivity contribution is 5.97. The topological polar surface area (TPSA) is 62.3 Å². The molecule has 0 aliphatic carbocycles. The highest BCUT2D eigenvalue weighted by Gasteiger charge is 2.43. The van der Waals surface area contributed by atoms with Crippen LogP contribution in [0.3, 0.4) is 0 Å². The monoisotopic (exact) mass is 275 g/mol. The minimum Gasteiger partial charge on any atom is -0.340 e. The van der Waals surface area contributed by atoms with Gasteiger partial charge in [-0.1, -0.05) is 19.9 Å². The van der Waals surface area contributed by atoms with Crippen LogP contribution in [-0.2, 0) is 16.1 Å². The maximum atomic E-state index is 12.6. The van der Waals surface area contributed by atoms with E-state index in [9.17, 15) is 9.59 Å². The van der Waals surface area contributed by atoms with E-state index < -0.39 is 5.54 Å². The molecule has 0 spiro atoms. The van der Waals surface area contributed by atoms with Gasteiger partial charge in [-0.05, 0) is 31.9 Å². The predicted octanol–water partition coefficient (Wildman–Crippen LogP) is 1.41. The van der Waals surface area contributed by atoms with E-state index in [1.54, 1.807) is 4.90 Å². The molecule has 1 N–H and O–H groups in total. The van der Waals surface area contributed by atoms with E-state index in [0.717, 1.165) is 11.4 Å². The molecule has 1 aliphatic heterocycles. The molecule has 5 heteroatoms. The van der Waals surface area contributed by atoms with Gasteiger partial charge in [0, 0.05) is 5.69 Å². The molecule has 0 saturated carbocycles. The molecule has 0 unspecified atom stereocenters. The Morgan fingerprint density at radius 2 is 2.00 bits per heavy atom. The Labute approximate surface area is 119 Å². The number of piperazine rings is 1. The Morgan fingerprint density at radius 3 is 2.60 bits per heavy atom. The molecule has 1 aromatic rings. The maximum absolute atomic E-state index is 12.6. The lowest BCUT2D eigenvalue weighted by Gasteiger charge is -2.41. The zero-order valence-corrected chi connectivity index (χ0v) is 12.3. The molecule has 2 heterocycles. The van der Waals surface area contributed by atoms with E-state index in [1.165, 1.54) is 0 Å². The van der Waals surface area contributed by atoms with Gasteiger partial charge in [0.2, 0.25) is 11.8 Å². The summed E-state index contributed by atoms with van der Waals surface area (Å²) < 4.78 is 0. The first-order chi connectivity index (χ1) is 9.50. The SMILES string of the molecule is CCC1(CC)NC(=O)CN(Cc2cccc(C)n2)C1=O. The lowest BCUT2D eigenvalue weighted by Crippen LogP contribution is -2.65. The number of aryl methyl sites for hydroxylation is 1. The third-order valence-corrected chi connectivity index (χ3v) is 3.92. The molecule has 0 bridgehead atoms.